The average molecular weight is 222 g/mol. The Kier molecular flexibility index (Phi) is 5.43. The van der Waals surface area contributed by atoms with Crippen LogP contribution in [0.1, 0.15) is 38.6 Å². The van der Waals surface area contributed by atoms with E-state index in [0.717, 1.165) is 17.8 Å². The molecule has 1 unspecified atom stereocenters. The van der Waals surface area contributed by atoms with Gasteiger partial charge in [-0.1, -0.05) is 19.9 Å². The summed E-state index contributed by atoms with van der Waals surface area (Å²) in [5.74, 6) is 0.665. The lowest BCUT2D eigenvalue weighted by Crippen LogP contribution is -2.12. The van der Waals surface area contributed by atoms with Gasteiger partial charge in [0.15, 0.2) is 0 Å². The van der Waals surface area contributed by atoms with E-state index in [2.05, 4.69) is 25.8 Å². The van der Waals surface area contributed by atoms with E-state index < -0.39 is 0 Å². The molecule has 1 heterocycles. The summed E-state index contributed by atoms with van der Waals surface area (Å²) in [6, 6.07) is 5.88. The monoisotopic (exact) mass is 222 g/mol. The SMILES string of the molecule is CC(C)CC(C)OCc1cccc(CN)n1. The third-order valence-corrected chi connectivity index (χ3v) is 2.39. The zero-order valence-corrected chi connectivity index (χ0v) is 10.4. The molecule has 0 saturated heterocycles. The smallest absolute Gasteiger partial charge is 0.0891 e. The molecule has 3 heteroatoms. The quantitative estimate of drug-likeness (QED) is 0.804. The van der Waals surface area contributed by atoms with E-state index in [1.54, 1.807) is 0 Å². The number of hydrogen-bond acceptors (Lipinski definition) is 3. The molecule has 2 N–H and O–H groups in total. The van der Waals surface area contributed by atoms with Crippen molar-refractivity contribution < 1.29 is 4.74 Å². The molecular formula is C13H22N2O. The van der Waals surface area contributed by atoms with E-state index in [1.807, 2.05) is 18.2 Å². The van der Waals surface area contributed by atoms with Crippen molar-refractivity contribution in [2.24, 2.45) is 11.7 Å². The number of ether oxygens (including phenoxy) is 1. The van der Waals surface area contributed by atoms with Crippen LogP contribution in [0.3, 0.4) is 0 Å². The lowest BCUT2D eigenvalue weighted by atomic mass is 10.1. The van der Waals surface area contributed by atoms with Gasteiger partial charge in [0.2, 0.25) is 0 Å². The number of pyridine rings is 1. The molecule has 0 aliphatic carbocycles. The molecule has 1 aromatic heterocycles. The molecule has 0 saturated carbocycles. The topological polar surface area (TPSA) is 48.1 Å². The predicted octanol–water partition coefficient (Wildman–Crippen LogP) is 2.49. The lowest BCUT2D eigenvalue weighted by Gasteiger charge is -2.14. The molecule has 0 spiro atoms. The summed E-state index contributed by atoms with van der Waals surface area (Å²) < 4.78 is 5.74. The minimum atomic E-state index is 0.281. The van der Waals surface area contributed by atoms with E-state index in [1.165, 1.54) is 0 Å². The normalized spacial score (nSPS) is 13.1. The van der Waals surface area contributed by atoms with Crippen molar-refractivity contribution in [2.75, 3.05) is 0 Å². The summed E-state index contributed by atoms with van der Waals surface area (Å²) in [6.45, 7) is 7.56. The predicted molar refractivity (Wildman–Crippen MR) is 65.8 cm³/mol. The first-order chi connectivity index (χ1) is 7.61. The Balaban J connectivity index is 2.41. The highest BCUT2D eigenvalue weighted by Gasteiger charge is 2.06. The van der Waals surface area contributed by atoms with E-state index in [0.29, 0.717) is 19.1 Å². The molecule has 90 valence electrons. The molecule has 0 amide bonds. The van der Waals surface area contributed by atoms with Crippen LogP contribution in [0.15, 0.2) is 18.2 Å². The third-order valence-electron chi connectivity index (χ3n) is 2.39. The van der Waals surface area contributed by atoms with Crippen LogP contribution >= 0.6 is 0 Å². The highest BCUT2D eigenvalue weighted by Crippen LogP contribution is 2.10. The first-order valence-electron chi connectivity index (χ1n) is 5.88. The molecule has 0 bridgehead atoms. The van der Waals surface area contributed by atoms with Gasteiger partial charge in [0.05, 0.1) is 24.1 Å². The van der Waals surface area contributed by atoms with Crippen LogP contribution < -0.4 is 5.73 Å². The van der Waals surface area contributed by atoms with E-state index >= 15 is 0 Å². The number of nitrogens with two attached hydrogens (primary N) is 1. The maximum Gasteiger partial charge on any atom is 0.0891 e. The Morgan fingerprint density at radius 1 is 1.25 bits per heavy atom. The molecule has 16 heavy (non-hydrogen) atoms. The minimum absolute atomic E-state index is 0.281. The first kappa shape index (κ1) is 13.1. The number of nitrogens with zero attached hydrogens (tertiary/aromatic N) is 1. The second-order valence-electron chi connectivity index (χ2n) is 4.58. The molecule has 0 radical (unpaired) electrons. The Labute approximate surface area is 98.0 Å². The van der Waals surface area contributed by atoms with Crippen molar-refractivity contribution in [3.63, 3.8) is 0 Å². The molecule has 0 aromatic carbocycles. The van der Waals surface area contributed by atoms with Crippen LogP contribution in [0.4, 0.5) is 0 Å². The summed E-state index contributed by atoms with van der Waals surface area (Å²) in [7, 11) is 0. The fourth-order valence-electron chi connectivity index (χ4n) is 1.68. The van der Waals surface area contributed by atoms with Crippen molar-refractivity contribution in [1.82, 2.24) is 4.98 Å². The molecule has 1 rings (SSSR count). The molecule has 1 aromatic rings. The van der Waals surface area contributed by atoms with Crippen LogP contribution in [0, 0.1) is 5.92 Å². The van der Waals surface area contributed by atoms with E-state index in [-0.39, 0.29) is 6.10 Å². The van der Waals surface area contributed by atoms with Crippen LogP contribution in [0.25, 0.3) is 0 Å². The second-order valence-corrected chi connectivity index (χ2v) is 4.58. The molecule has 0 fully saturated rings. The van der Waals surface area contributed by atoms with Crippen molar-refractivity contribution in [1.29, 1.82) is 0 Å². The molecule has 0 aliphatic heterocycles. The van der Waals surface area contributed by atoms with Gasteiger partial charge < -0.3 is 10.5 Å². The van der Waals surface area contributed by atoms with Gasteiger partial charge in [-0.15, -0.1) is 0 Å². The molecule has 1 atom stereocenters. The van der Waals surface area contributed by atoms with Crippen LogP contribution in [0.2, 0.25) is 0 Å². The summed E-state index contributed by atoms with van der Waals surface area (Å²) in [5, 5.41) is 0. The van der Waals surface area contributed by atoms with Gasteiger partial charge in [0, 0.05) is 6.54 Å². The van der Waals surface area contributed by atoms with Crippen LogP contribution in [0.5, 0.6) is 0 Å². The first-order valence-corrected chi connectivity index (χ1v) is 5.88. The fraction of sp³-hybridized carbons (Fsp3) is 0.615. The number of rotatable bonds is 6. The van der Waals surface area contributed by atoms with Gasteiger partial charge in [-0.2, -0.15) is 0 Å². The average Bonchev–Trinajstić information content (AvgIpc) is 2.26. The zero-order chi connectivity index (χ0) is 12.0. The summed E-state index contributed by atoms with van der Waals surface area (Å²) >= 11 is 0. The Hall–Kier alpha value is -0.930. The Morgan fingerprint density at radius 3 is 2.56 bits per heavy atom. The Morgan fingerprint density at radius 2 is 1.94 bits per heavy atom. The maximum absolute atomic E-state index is 5.74. The highest BCUT2D eigenvalue weighted by atomic mass is 16.5. The maximum atomic E-state index is 5.74. The van der Waals surface area contributed by atoms with Gasteiger partial charge in [-0.25, -0.2) is 0 Å². The van der Waals surface area contributed by atoms with Crippen molar-refractivity contribution in [3.8, 4) is 0 Å². The highest BCUT2D eigenvalue weighted by molar-refractivity contribution is 5.10. The number of hydrogen-bond donors (Lipinski definition) is 1. The summed E-state index contributed by atoms with van der Waals surface area (Å²) in [4.78, 5) is 4.39. The fourth-order valence-corrected chi connectivity index (χ4v) is 1.68. The minimum Gasteiger partial charge on any atom is -0.372 e. The summed E-state index contributed by atoms with van der Waals surface area (Å²) in [5.41, 5.74) is 7.41. The molecule has 0 aliphatic rings. The van der Waals surface area contributed by atoms with Gasteiger partial charge in [0.25, 0.3) is 0 Å². The lowest BCUT2D eigenvalue weighted by molar-refractivity contribution is 0.0378. The van der Waals surface area contributed by atoms with E-state index in [4.69, 9.17) is 10.5 Å². The van der Waals surface area contributed by atoms with Crippen molar-refractivity contribution in [3.05, 3.63) is 29.6 Å². The van der Waals surface area contributed by atoms with Crippen molar-refractivity contribution >= 4 is 0 Å². The Bertz CT molecular complexity index is 313. The standard InChI is InChI=1S/C13H22N2O/c1-10(2)7-11(3)16-9-13-6-4-5-12(8-14)15-13/h4-6,10-11H,7-9,14H2,1-3H3. The largest absolute Gasteiger partial charge is 0.372 e. The summed E-state index contributed by atoms with van der Waals surface area (Å²) in [6.07, 6.45) is 1.36. The molecular weight excluding hydrogens is 200 g/mol. The van der Waals surface area contributed by atoms with Gasteiger partial charge >= 0.3 is 0 Å². The van der Waals surface area contributed by atoms with Crippen LogP contribution in [-0.2, 0) is 17.9 Å². The molecule has 3 nitrogen and oxygen atoms in total. The third kappa shape index (κ3) is 4.73. The van der Waals surface area contributed by atoms with E-state index in [9.17, 15) is 0 Å². The van der Waals surface area contributed by atoms with Gasteiger partial charge in [-0.05, 0) is 31.4 Å². The second kappa shape index (κ2) is 6.61. The number of aromatic nitrogens is 1. The van der Waals surface area contributed by atoms with Gasteiger partial charge in [-0.3, -0.25) is 4.98 Å². The zero-order valence-electron chi connectivity index (χ0n) is 10.4. The van der Waals surface area contributed by atoms with Gasteiger partial charge in [0.1, 0.15) is 0 Å². The van der Waals surface area contributed by atoms with Crippen molar-refractivity contribution in [2.45, 2.75) is 46.4 Å². The van der Waals surface area contributed by atoms with Crippen LogP contribution in [-0.4, -0.2) is 11.1 Å².